The molecule has 0 aliphatic heterocycles. The quantitative estimate of drug-likeness (QED) is 0.514. The largest absolute Gasteiger partial charge is 2.00 e. The molecular formula is C8H18MgO4. The third-order valence-corrected chi connectivity index (χ3v) is 1.27. The summed E-state index contributed by atoms with van der Waals surface area (Å²) in [6, 6.07) is 0. The molecule has 0 aromatic carbocycles. The second-order valence-electron chi connectivity index (χ2n) is 2.43. The van der Waals surface area contributed by atoms with Gasteiger partial charge in [-0.25, -0.2) is 0 Å². The van der Waals surface area contributed by atoms with E-state index in [1.807, 2.05) is 0 Å². The Morgan fingerprint density at radius 2 is 1.15 bits per heavy atom. The number of hydrogen-bond acceptors (Lipinski definition) is 4. The topological polar surface area (TPSA) is 64.6 Å². The first-order valence-corrected chi connectivity index (χ1v) is 3.84. The predicted octanol–water partition coefficient (Wildman–Crippen LogP) is -1.62. The van der Waals surface area contributed by atoms with Crippen molar-refractivity contribution < 1.29 is 19.7 Å². The maximum absolute atomic E-state index is 9.74. The fourth-order valence-corrected chi connectivity index (χ4v) is 0.136. The minimum Gasteiger partial charge on any atom is -0.853 e. The van der Waals surface area contributed by atoms with Crippen LogP contribution in [0.25, 0.3) is 0 Å². The molecule has 0 saturated carbocycles. The van der Waals surface area contributed by atoms with Gasteiger partial charge in [0.1, 0.15) is 0 Å². The van der Waals surface area contributed by atoms with Crippen molar-refractivity contribution in [2.45, 2.75) is 26.1 Å². The molecule has 0 spiro atoms. The van der Waals surface area contributed by atoms with E-state index in [0.717, 1.165) is 0 Å². The first kappa shape index (κ1) is 19.2. The molecule has 13 heavy (non-hydrogen) atoms. The average Bonchev–Trinajstić information content (AvgIpc) is 2.16. The van der Waals surface area contributed by atoms with Crippen LogP contribution in [-0.4, -0.2) is 62.7 Å². The summed E-state index contributed by atoms with van der Waals surface area (Å²) in [5, 5.41) is 19.5. The Hall–Kier alpha value is 0.606. The molecule has 0 aliphatic rings. The van der Waals surface area contributed by atoms with Crippen LogP contribution in [0.3, 0.4) is 0 Å². The SMILES string of the molecule is COC(C)C[O-].COC(C)C[O-].[Mg+2]. The van der Waals surface area contributed by atoms with Gasteiger partial charge >= 0.3 is 23.1 Å². The molecular weight excluding hydrogens is 184 g/mol. The molecule has 0 fully saturated rings. The van der Waals surface area contributed by atoms with E-state index in [0.29, 0.717) is 0 Å². The number of ether oxygens (including phenoxy) is 2. The van der Waals surface area contributed by atoms with Gasteiger partial charge in [0.05, 0.1) is 0 Å². The molecule has 0 aromatic rings. The molecule has 4 nitrogen and oxygen atoms in total. The van der Waals surface area contributed by atoms with E-state index in [4.69, 9.17) is 0 Å². The van der Waals surface area contributed by atoms with Crippen LogP contribution in [0.15, 0.2) is 0 Å². The van der Waals surface area contributed by atoms with Crippen molar-refractivity contribution in [3.05, 3.63) is 0 Å². The van der Waals surface area contributed by atoms with Crippen LogP contribution in [0, 0.1) is 0 Å². The van der Waals surface area contributed by atoms with Crippen LogP contribution in [0.5, 0.6) is 0 Å². The maximum atomic E-state index is 9.74. The summed E-state index contributed by atoms with van der Waals surface area (Å²) >= 11 is 0. The summed E-state index contributed by atoms with van der Waals surface area (Å²) in [6.45, 7) is 3.20. The van der Waals surface area contributed by atoms with Gasteiger partial charge in [-0.2, -0.15) is 0 Å². The Morgan fingerprint density at radius 1 is 0.923 bits per heavy atom. The van der Waals surface area contributed by atoms with Gasteiger partial charge in [0.2, 0.25) is 0 Å². The molecule has 5 heteroatoms. The first-order valence-electron chi connectivity index (χ1n) is 3.84. The van der Waals surface area contributed by atoms with Crippen molar-refractivity contribution in [1.82, 2.24) is 0 Å². The van der Waals surface area contributed by atoms with Gasteiger partial charge in [-0.15, -0.1) is 13.2 Å². The minimum absolute atomic E-state index is 0. The molecule has 0 radical (unpaired) electrons. The zero-order valence-corrected chi connectivity index (χ0v) is 10.3. The first-order chi connectivity index (χ1) is 5.62. The van der Waals surface area contributed by atoms with E-state index >= 15 is 0 Å². The average molecular weight is 203 g/mol. The Bertz CT molecular complexity index is 64.5. The van der Waals surface area contributed by atoms with E-state index in [-0.39, 0.29) is 48.5 Å². The van der Waals surface area contributed by atoms with Crippen molar-refractivity contribution >= 4 is 23.1 Å². The van der Waals surface area contributed by atoms with Crippen molar-refractivity contribution in [1.29, 1.82) is 0 Å². The second kappa shape index (κ2) is 15.1. The summed E-state index contributed by atoms with van der Waals surface area (Å²) < 4.78 is 9.17. The predicted molar refractivity (Wildman–Crippen MR) is 48.4 cm³/mol. The van der Waals surface area contributed by atoms with E-state index in [1.165, 1.54) is 14.2 Å². The van der Waals surface area contributed by atoms with Crippen LogP contribution in [0.2, 0.25) is 0 Å². The fraction of sp³-hybridized carbons (Fsp3) is 1.00. The number of hydrogen-bond donors (Lipinski definition) is 0. The Labute approximate surface area is 96.4 Å². The summed E-state index contributed by atoms with van der Waals surface area (Å²) in [5.74, 6) is 0. The molecule has 2 unspecified atom stereocenters. The molecule has 0 bridgehead atoms. The molecule has 0 heterocycles. The molecule has 0 aromatic heterocycles. The molecule has 0 N–H and O–H groups in total. The van der Waals surface area contributed by atoms with E-state index in [9.17, 15) is 10.2 Å². The molecule has 0 amide bonds. The van der Waals surface area contributed by atoms with E-state index in [2.05, 4.69) is 9.47 Å². The standard InChI is InChI=1S/2C4H9O2.Mg/c2*1-4(3-5)6-2;/h2*4H,3H2,1-2H3;/q2*-1;+2. The van der Waals surface area contributed by atoms with Crippen molar-refractivity contribution in [2.24, 2.45) is 0 Å². The van der Waals surface area contributed by atoms with Gasteiger partial charge < -0.3 is 19.7 Å². The fourth-order valence-electron chi connectivity index (χ4n) is 0.136. The Kier molecular flexibility index (Phi) is 22.3. The van der Waals surface area contributed by atoms with Gasteiger partial charge in [0, 0.05) is 26.4 Å². The summed E-state index contributed by atoms with van der Waals surface area (Å²) in [6.07, 6.45) is -0.241. The number of rotatable bonds is 4. The summed E-state index contributed by atoms with van der Waals surface area (Å²) in [4.78, 5) is 0. The van der Waals surface area contributed by atoms with Crippen molar-refractivity contribution in [2.75, 3.05) is 27.4 Å². The van der Waals surface area contributed by atoms with Crippen LogP contribution < -0.4 is 10.2 Å². The minimum atomic E-state index is -0.142. The third kappa shape index (κ3) is 19.1. The van der Waals surface area contributed by atoms with E-state index < -0.39 is 0 Å². The van der Waals surface area contributed by atoms with Gasteiger partial charge in [0.15, 0.2) is 0 Å². The van der Waals surface area contributed by atoms with Gasteiger partial charge in [-0.1, -0.05) is 0 Å². The van der Waals surface area contributed by atoms with Gasteiger partial charge in [-0.3, -0.25) is 0 Å². The van der Waals surface area contributed by atoms with Crippen molar-refractivity contribution in [3.63, 3.8) is 0 Å². The van der Waals surface area contributed by atoms with E-state index in [1.54, 1.807) is 13.8 Å². The summed E-state index contributed by atoms with van der Waals surface area (Å²) in [5.41, 5.74) is 0. The van der Waals surface area contributed by atoms with Crippen LogP contribution >= 0.6 is 0 Å². The monoisotopic (exact) mass is 202 g/mol. The summed E-state index contributed by atoms with van der Waals surface area (Å²) in [7, 11) is 3.06. The van der Waals surface area contributed by atoms with Gasteiger partial charge in [-0.05, 0) is 13.8 Å². The smallest absolute Gasteiger partial charge is 0.853 e. The molecule has 0 saturated heterocycles. The maximum Gasteiger partial charge on any atom is 2.00 e. The zero-order chi connectivity index (χ0) is 9.98. The Morgan fingerprint density at radius 3 is 1.15 bits per heavy atom. The number of methoxy groups -OCH3 is 2. The zero-order valence-electron chi connectivity index (χ0n) is 8.91. The van der Waals surface area contributed by atoms with Crippen LogP contribution in [0.1, 0.15) is 13.8 Å². The second-order valence-corrected chi connectivity index (χ2v) is 2.43. The van der Waals surface area contributed by atoms with Crippen molar-refractivity contribution in [3.8, 4) is 0 Å². The normalized spacial score (nSPS) is 13.4. The van der Waals surface area contributed by atoms with Gasteiger partial charge in [0.25, 0.3) is 0 Å². The Balaban J connectivity index is -0.000000143. The third-order valence-electron chi connectivity index (χ3n) is 1.27. The van der Waals surface area contributed by atoms with Crippen LogP contribution in [-0.2, 0) is 9.47 Å². The van der Waals surface area contributed by atoms with Crippen LogP contribution in [0.4, 0.5) is 0 Å². The molecule has 0 aliphatic carbocycles. The molecule has 76 valence electrons. The molecule has 0 rings (SSSR count). The molecule has 2 atom stereocenters.